The fourth-order valence-corrected chi connectivity index (χ4v) is 11.7. The van der Waals surface area contributed by atoms with Gasteiger partial charge in [-0.2, -0.15) is 0 Å². The van der Waals surface area contributed by atoms with Crippen molar-refractivity contribution in [2.45, 2.75) is 97.8 Å². The number of carbonyl (C=O) groups excluding carboxylic acids is 1. The Labute approximate surface area is 252 Å². The molecule has 1 amide bonds. The highest BCUT2D eigenvalue weighted by molar-refractivity contribution is 6.90. The van der Waals surface area contributed by atoms with E-state index in [0.29, 0.717) is 45.6 Å². The number of anilines is 1. The molecule has 1 fully saturated rings. The highest BCUT2D eigenvalue weighted by Gasteiger charge is 2.43. The van der Waals surface area contributed by atoms with Crippen LogP contribution in [0.15, 0.2) is 42.5 Å². The fourth-order valence-electron chi connectivity index (χ4n) is 6.31. The maximum Gasteiger partial charge on any atom is 0.303 e. The number of halogens is 1. The minimum Gasteiger partial charge on any atom is -0.492 e. The van der Waals surface area contributed by atoms with Gasteiger partial charge in [0.05, 0.1) is 22.7 Å². The molecule has 41 heavy (non-hydrogen) atoms. The summed E-state index contributed by atoms with van der Waals surface area (Å²) in [6.45, 7) is 20.6. The van der Waals surface area contributed by atoms with E-state index in [-0.39, 0.29) is 11.3 Å². The summed E-state index contributed by atoms with van der Waals surface area (Å²) in [4.78, 5) is 24.7. The summed E-state index contributed by atoms with van der Waals surface area (Å²) in [7, 11) is -2.14. The third-order valence-corrected chi connectivity index (χ3v) is 15.2. The van der Waals surface area contributed by atoms with Gasteiger partial charge < -0.3 is 9.72 Å². The van der Waals surface area contributed by atoms with Crippen LogP contribution in [0.4, 0.5) is 5.69 Å². The fraction of sp³-hybridized carbons (Fsp3) is 0.529. The second-order valence-electron chi connectivity index (χ2n) is 13.6. The molecule has 3 aromatic rings. The van der Waals surface area contributed by atoms with Crippen LogP contribution < -0.4 is 9.64 Å². The number of carbonyl (C=O) groups is 1. The number of nitrogens with one attached hydrogen (secondary N) is 1. The molecule has 5 nitrogen and oxygen atoms in total. The zero-order valence-electron chi connectivity index (χ0n) is 26.1. The lowest BCUT2D eigenvalue weighted by molar-refractivity contribution is -0.114. The predicted molar refractivity (Wildman–Crippen MR) is 174 cm³/mol. The highest BCUT2D eigenvalue weighted by atomic mass is 35.5. The Balaban J connectivity index is 1.85. The first-order valence-corrected chi connectivity index (χ1v) is 17.6. The smallest absolute Gasteiger partial charge is 0.303 e. The number of rotatable bonds is 9. The number of para-hydroxylation sites is 2. The summed E-state index contributed by atoms with van der Waals surface area (Å²) in [5, 5.41) is 0.487. The van der Waals surface area contributed by atoms with Gasteiger partial charge in [0.1, 0.15) is 25.7 Å². The quantitative estimate of drug-likeness (QED) is 0.199. The van der Waals surface area contributed by atoms with E-state index >= 15 is 0 Å². The molecule has 1 aromatic heterocycles. The van der Waals surface area contributed by atoms with Gasteiger partial charge >= 0.3 is 5.91 Å². The van der Waals surface area contributed by atoms with Crippen LogP contribution in [0.1, 0.15) is 87.0 Å². The van der Waals surface area contributed by atoms with E-state index in [1.807, 2.05) is 42.5 Å². The van der Waals surface area contributed by atoms with Gasteiger partial charge in [0, 0.05) is 5.69 Å². The summed E-state index contributed by atoms with van der Waals surface area (Å²) in [6, 6.07) is 13.2. The monoisotopic (exact) mass is 591 g/mol. The van der Waals surface area contributed by atoms with Gasteiger partial charge in [-0.1, -0.05) is 86.0 Å². The van der Waals surface area contributed by atoms with E-state index in [1.165, 1.54) is 12.8 Å². The molecule has 0 aliphatic heterocycles. The molecule has 1 aliphatic rings. The van der Waals surface area contributed by atoms with E-state index in [9.17, 15) is 4.79 Å². The number of H-pyrrole nitrogens is 1. The molecule has 0 spiro atoms. The molecule has 1 atom stereocenters. The predicted octanol–water partition coefficient (Wildman–Crippen LogP) is 9.35. The van der Waals surface area contributed by atoms with Gasteiger partial charge in [0.25, 0.3) is 0 Å². The lowest BCUT2D eigenvalue weighted by atomic mass is 9.84. The normalized spacial score (nSPS) is 14.9. The number of aromatic amines is 1. The van der Waals surface area contributed by atoms with E-state index in [0.717, 1.165) is 16.9 Å². The molecule has 1 unspecified atom stereocenters. The van der Waals surface area contributed by atoms with Crippen molar-refractivity contribution in [2.24, 2.45) is 11.3 Å². The molecule has 220 valence electrons. The van der Waals surface area contributed by atoms with Crippen LogP contribution in [-0.4, -0.2) is 30.6 Å². The number of hydrogen-bond acceptors (Lipinski definition) is 3. The van der Waals surface area contributed by atoms with Crippen LogP contribution in [0, 0.1) is 22.8 Å². The molecule has 0 radical (unpaired) electrons. The third kappa shape index (κ3) is 6.68. The first kappa shape index (κ1) is 31.2. The lowest BCUT2D eigenvalue weighted by Crippen LogP contribution is -2.45. The average molecular weight is 592 g/mol. The van der Waals surface area contributed by atoms with Crippen LogP contribution in [0.2, 0.25) is 21.6 Å². The van der Waals surface area contributed by atoms with Crippen LogP contribution in [0.3, 0.4) is 0 Å². The Morgan fingerprint density at radius 2 is 1.71 bits per heavy atom. The zero-order chi connectivity index (χ0) is 30.1. The number of nitrogens with zero attached hydrogens (tertiary/aromatic N) is 2. The number of fused-ring (bicyclic) bond motifs is 1. The van der Waals surface area contributed by atoms with Crippen molar-refractivity contribution in [2.75, 3.05) is 11.5 Å². The Morgan fingerprint density at radius 3 is 2.24 bits per heavy atom. The first-order valence-electron chi connectivity index (χ1n) is 15.0. The SMILES string of the molecule is CC(C)[Si](C#CC(=O)N(c1ccc(OCC2CC2)c(Cl)c1)C(c1nc2ccccc2[nH]1)C(C)(C)C)(C(C)C)C(C)C. The average Bonchev–Trinajstić information content (AvgIpc) is 3.61. The Kier molecular flexibility index (Phi) is 9.31. The molecular formula is C34H46ClN3O2Si. The number of aromatic nitrogens is 2. The molecule has 4 rings (SSSR count). The minimum atomic E-state index is -2.14. The van der Waals surface area contributed by atoms with E-state index in [2.05, 4.69) is 78.8 Å². The number of amides is 1. The van der Waals surface area contributed by atoms with Gasteiger partial charge in [0.15, 0.2) is 0 Å². The first-order chi connectivity index (χ1) is 19.3. The molecule has 1 N–H and O–H groups in total. The highest BCUT2D eigenvalue weighted by Crippen LogP contribution is 2.43. The van der Waals surface area contributed by atoms with Crippen LogP contribution >= 0.6 is 11.6 Å². The largest absolute Gasteiger partial charge is 0.492 e. The molecule has 1 aliphatic carbocycles. The minimum absolute atomic E-state index is 0.244. The Morgan fingerprint density at radius 1 is 1.07 bits per heavy atom. The number of hydrogen-bond donors (Lipinski definition) is 1. The third-order valence-electron chi connectivity index (χ3n) is 8.58. The summed E-state index contributed by atoms with van der Waals surface area (Å²) in [6.07, 6.45) is 2.41. The van der Waals surface area contributed by atoms with Gasteiger partial charge in [-0.3, -0.25) is 9.69 Å². The maximum atomic E-state index is 14.4. The molecule has 7 heteroatoms. The molecule has 0 saturated heterocycles. The summed E-state index contributed by atoms with van der Waals surface area (Å²) in [5.74, 6) is 4.92. The molecule has 1 saturated carbocycles. The van der Waals surface area contributed by atoms with Crippen LogP contribution in [-0.2, 0) is 4.79 Å². The summed E-state index contributed by atoms with van der Waals surface area (Å²) in [5.41, 5.74) is 7.00. The summed E-state index contributed by atoms with van der Waals surface area (Å²) >= 11 is 6.77. The van der Waals surface area contributed by atoms with E-state index in [4.69, 9.17) is 21.3 Å². The van der Waals surface area contributed by atoms with Gasteiger partial charge in [-0.15, -0.1) is 5.54 Å². The Hall–Kier alpha value is -2.75. The van der Waals surface area contributed by atoms with E-state index < -0.39 is 14.1 Å². The topological polar surface area (TPSA) is 58.2 Å². The molecule has 1 heterocycles. The number of imidazole rings is 1. The van der Waals surface area contributed by atoms with Gasteiger partial charge in [-0.05, 0) is 77.1 Å². The molecular weight excluding hydrogens is 546 g/mol. The molecule has 0 bridgehead atoms. The second-order valence-corrected chi connectivity index (χ2v) is 19.6. The van der Waals surface area contributed by atoms with Crippen molar-refractivity contribution in [3.8, 4) is 17.2 Å². The number of ether oxygens (including phenoxy) is 1. The molecule has 2 aromatic carbocycles. The van der Waals surface area contributed by atoms with Crippen molar-refractivity contribution in [3.63, 3.8) is 0 Å². The zero-order valence-corrected chi connectivity index (χ0v) is 27.9. The van der Waals surface area contributed by atoms with Crippen molar-refractivity contribution >= 4 is 42.3 Å². The number of benzene rings is 2. The second kappa shape index (κ2) is 12.2. The maximum absolute atomic E-state index is 14.4. The van der Waals surface area contributed by atoms with Crippen LogP contribution in [0.25, 0.3) is 11.0 Å². The van der Waals surface area contributed by atoms with E-state index in [1.54, 1.807) is 4.90 Å². The van der Waals surface area contributed by atoms with Crippen LogP contribution in [0.5, 0.6) is 5.75 Å². The Bertz CT molecular complexity index is 1380. The summed E-state index contributed by atoms with van der Waals surface area (Å²) < 4.78 is 6.00. The standard InChI is InChI=1S/C34H46ClN3O2Si/c1-22(2)41(23(3)4,24(5)6)19-18-31(39)38(26-16-17-30(27(35)20-26)40-21-25-14-15-25)32(34(7,8)9)33-36-28-12-10-11-13-29(28)37-33/h10-13,16-17,20,22-25,32H,14-15,21H2,1-9H3,(H,36,37). The van der Waals surface area contributed by atoms with Crippen molar-refractivity contribution in [3.05, 3.63) is 53.3 Å². The van der Waals surface area contributed by atoms with Gasteiger partial charge in [-0.25, -0.2) is 4.98 Å². The lowest BCUT2D eigenvalue weighted by Gasteiger charge is -2.39. The van der Waals surface area contributed by atoms with Crippen molar-refractivity contribution < 1.29 is 9.53 Å². The van der Waals surface area contributed by atoms with Crippen molar-refractivity contribution in [1.29, 1.82) is 0 Å². The van der Waals surface area contributed by atoms with Crippen molar-refractivity contribution in [1.82, 2.24) is 9.97 Å². The van der Waals surface area contributed by atoms with Gasteiger partial charge in [0.2, 0.25) is 0 Å².